The SMILES string of the molecule is COCCN(c1nc(N)nc2sc(C)cc12)C(C)C. The molecule has 2 rings (SSSR count). The number of nitrogens with zero attached hydrogens (tertiary/aromatic N) is 3. The first-order valence-corrected chi connectivity index (χ1v) is 7.13. The van der Waals surface area contributed by atoms with Crippen molar-refractivity contribution in [3.63, 3.8) is 0 Å². The number of rotatable bonds is 5. The minimum atomic E-state index is 0.326. The summed E-state index contributed by atoms with van der Waals surface area (Å²) in [6.07, 6.45) is 0. The van der Waals surface area contributed by atoms with E-state index in [2.05, 4.69) is 41.7 Å². The van der Waals surface area contributed by atoms with E-state index in [4.69, 9.17) is 10.5 Å². The highest BCUT2D eigenvalue weighted by atomic mass is 32.1. The fourth-order valence-corrected chi connectivity index (χ4v) is 2.94. The quantitative estimate of drug-likeness (QED) is 0.911. The predicted octanol–water partition coefficient (Wildman–Crippen LogP) is 2.44. The van der Waals surface area contributed by atoms with E-state index in [1.165, 1.54) is 4.88 Å². The van der Waals surface area contributed by atoms with Crippen molar-refractivity contribution in [1.82, 2.24) is 9.97 Å². The number of ether oxygens (including phenoxy) is 1. The molecule has 0 atom stereocenters. The number of nitrogens with two attached hydrogens (primary N) is 1. The molecule has 19 heavy (non-hydrogen) atoms. The van der Waals surface area contributed by atoms with Crippen molar-refractivity contribution in [1.29, 1.82) is 0 Å². The van der Waals surface area contributed by atoms with E-state index < -0.39 is 0 Å². The smallest absolute Gasteiger partial charge is 0.223 e. The van der Waals surface area contributed by atoms with Gasteiger partial charge in [0, 0.05) is 24.6 Å². The van der Waals surface area contributed by atoms with Crippen molar-refractivity contribution < 1.29 is 4.74 Å². The first-order chi connectivity index (χ1) is 9.02. The van der Waals surface area contributed by atoms with Crippen LogP contribution in [0.2, 0.25) is 0 Å². The van der Waals surface area contributed by atoms with Gasteiger partial charge < -0.3 is 15.4 Å². The van der Waals surface area contributed by atoms with Gasteiger partial charge in [-0.3, -0.25) is 0 Å². The molecule has 2 aromatic rings. The van der Waals surface area contributed by atoms with Gasteiger partial charge in [0.15, 0.2) is 0 Å². The second-order valence-corrected chi connectivity index (χ2v) is 6.00. The molecule has 0 radical (unpaired) electrons. The largest absolute Gasteiger partial charge is 0.383 e. The molecule has 5 nitrogen and oxygen atoms in total. The molecule has 0 saturated heterocycles. The average molecular weight is 280 g/mol. The maximum atomic E-state index is 5.83. The maximum absolute atomic E-state index is 5.83. The van der Waals surface area contributed by atoms with Gasteiger partial charge in [-0.05, 0) is 26.8 Å². The highest BCUT2D eigenvalue weighted by Gasteiger charge is 2.17. The zero-order valence-electron chi connectivity index (χ0n) is 11.8. The van der Waals surface area contributed by atoms with Gasteiger partial charge in [-0.25, -0.2) is 4.98 Å². The third kappa shape index (κ3) is 2.96. The lowest BCUT2D eigenvalue weighted by Crippen LogP contribution is -2.34. The van der Waals surface area contributed by atoms with E-state index in [9.17, 15) is 0 Å². The summed E-state index contributed by atoms with van der Waals surface area (Å²) in [6.45, 7) is 7.79. The van der Waals surface area contributed by atoms with Crippen molar-refractivity contribution >= 4 is 33.3 Å². The first kappa shape index (κ1) is 14.0. The highest BCUT2D eigenvalue weighted by Crippen LogP contribution is 2.31. The summed E-state index contributed by atoms with van der Waals surface area (Å²) in [5, 5.41) is 1.07. The molecule has 2 aromatic heterocycles. The number of thiophene rings is 1. The molecular weight excluding hydrogens is 260 g/mol. The molecule has 2 N–H and O–H groups in total. The fraction of sp³-hybridized carbons (Fsp3) is 0.538. The van der Waals surface area contributed by atoms with Crippen molar-refractivity contribution in [2.75, 3.05) is 30.9 Å². The van der Waals surface area contributed by atoms with Gasteiger partial charge in [0.05, 0.1) is 12.0 Å². The minimum Gasteiger partial charge on any atom is -0.383 e. The number of fused-ring (bicyclic) bond motifs is 1. The number of methoxy groups -OCH3 is 1. The molecule has 0 aliphatic rings. The number of aryl methyl sites for hydroxylation is 1. The normalized spacial score (nSPS) is 11.4. The van der Waals surface area contributed by atoms with Gasteiger partial charge in [-0.2, -0.15) is 4.98 Å². The van der Waals surface area contributed by atoms with Crippen molar-refractivity contribution in [3.05, 3.63) is 10.9 Å². The Labute approximate surface area is 117 Å². The number of nitrogen functional groups attached to an aromatic ring is 1. The summed E-state index contributed by atoms with van der Waals surface area (Å²) < 4.78 is 5.18. The summed E-state index contributed by atoms with van der Waals surface area (Å²) in [7, 11) is 1.71. The van der Waals surface area contributed by atoms with Crippen LogP contribution in [0, 0.1) is 6.92 Å². The monoisotopic (exact) mass is 280 g/mol. The van der Waals surface area contributed by atoms with Crippen LogP contribution in [0.3, 0.4) is 0 Å². The summed E-state index contributed by atoms with van der Waals surface area (Å²) in [5.41, 5.74) is 5.83. The first-order valence-electron chi connectivity index (χ1n) is 6.32. The van der Waals surface area contributed by atoms with E-state index in [0.29, 0.717) is 18.6 Å². The van der Waals surface area contributed by atoms with E-state index in [-0.39, 0.29) is 0 Å². The lowest BCUT2D eigenvalue weighted by Gasteiger charge is -2.28. The Bertz CT molecular complexity index is 567. The molecule has 0 fully saturated rings. The molecule has 0 amide bonds. The van der Waals surface area contributed by atoms with Crippen molar-refractivity contribution in [2.24, 2.45) is 0 Å². The Hall–Kier alpha value is -1.40. The summed E-state index contributed by atoms with van der Waals surface area (Å²) >= 11 is 1.64. The second-order valence-electron chi connectivity index (χ2n) is 4.76. The van der Waals surface area contributed by atoms with Crippen LogP contribution in [-0.4, -0.2) is 36.3 Å². The van der Waals surface area contributed by atoms with Crippen LogP contribution in [0.4, 0.5) is 11.8 Å². The van der Waals surface area contributed by atoms with Gasteiger partial charge in [0.1, 0.15) is 10.6 Å². The van der Waals surface area contributed by atoms with Gasteiger partial charge in [0.25, 0.3) is 0 Å². The van der Waals surface area contributed by atoms with Crippen LogP contribution in [0.15, 0.2) is 6.07 Å². The predicted molar refractivity (Wildman–Crippen MR) is 80.9 cm³/mol. The lowest BCUT2D eigenvalue weighted by atomic mass is 10.2. The molecular formula is C13H20N4OS. The van der Waals surface area contributed by atoms with Crippen molar-refractivity contribution in [3.8, 4) is 0 Å². The third-order valence-electron chi connectivity index (χ3n) is 2.94. The number of hydrogen-bond acceptors (Lipinski definition) is 6. The average Bonchev–Trinajstić information content (AvgIpc) is 2.69. The molecule has 2 heterocycles. The van der Waals surface area contributed by atoms with Crippen LogP contribution in [0.25, 0.3) is 10.2 Å². The Morgan fingerprint density at radius 3 is 2.79 bits per heavy atom. The minimum absolute atomic E-state index is 0.326. The third-order valence-corrected chi connectivity index (χ3v) is 3.89. The van der Waals surface area contributed by atoms with E-state index in [1.54, 1.807) is 18.4 Å². The molecule has 104 valence electrons. The Morgan fingerprint density at radius 2 is 2.16 bits per heavy atom. The zero-order chi connectivity index (χ0) is 14.0. The van der Waals surface area contributed by atoms with Gasteiger partial charge >= 0.3 is 0 Å². The molecule has 0 unspecified atom stereocenters. The Kier molecular flexibility index (Phi) is 4.21. The van der Waals surface area contributed by atoms with Crippen LogP contribution >= 0.6 is 11.3 Å². The van der Waals surface area contributed by atoms with Gasteiger partial charge in [0.2, 0.25) is 5.95 Å². The van der Waals surface area contributed by atoms with Crippen molar-refractivity contribution in [2.45, 2.75) is 26.8 Å². The summed E-state index contributed by atoms with van der Waals surface area (Å²) in [6, 6.07) is 2.45. The van der Waals surface area contributed by atoms with Crippen LogP contribution < -0.4 is 10.6 Å². The fourth-order valence-electron chi connectivity index (χ4n) is 2.06. The Morgan fingerprint density at radius 1 is 1.42 bits per heavy atom. The summed E-state index contributed by atoms with van der Waals surface area (Å²) in [4.78, 5) is 13.1. The number of hydrogen-bond donors (Lipinski definition) is 1. The second kappa shape index (κ2) is 5.71. The van der Waals surface area contributed by atoms with Crippen LogP contribution in [0.5, 0.6) is 0 Å². The highest BCUT2D eigenvalue weighted by molar-refractivity contribution is 7.18. The molecule has 0 aliphatic carbocycles. The molecule has 0 bridgehead atoms. The lowest BCUT2D eigenvalue weighted by molar-refractivity contribution is 0.203. The van der Waals surface area contributed by atoms with Crippen LogP contribution in [-0.2, 0) is 4.74 Å². The topological polar surface area (TPSA) is 64.3 Å². The molecule has 0 aliphatic heterocycles. The summed E-state index contributed by atoms with van der Waals surface area (Å²) in [5.74, 6) is 1.23. The molecule has 6 heteroatoms. The number of aromatic nitrogens is 2. The molecule has 0 aromatic carbocycles. The molecule has 0 spiro atoms. The maximum Gasteiger partial charge on any atom is 0.223 e. The van der Waals surface area contributed by atoms with E-state index in [0.717, 1.165) is 22.6 Å². The van der Waals surface area contributed by atoms with Crippen LogP contribution in [0.1, 0.15) is 18.7 Å². The van der Waals surface area contributed by atoms with E-state index in [1.807, 2.05) is 0 Å². The standard InChI is InChI=1S/C13H20N4OS/c1-8(2)17(5-6-18-4)11-10-7-9(3)19-12(10)16-13(14)15-11/h7-8H,5-6H2,1-4H3,(H2,14,15,16). The van der Waals surface area contributed by atoms with Gasteiger partial charge in [-0.15, -0.1) is 11.3 Å². The molecule has 0 saturated carbocycles. The van der Waals surface area contributed by atoms with Gasteiger partial charge in [-0.1, -0.05) is 0 Å². The van der Waals surface area contributed by atoms with E-state index >= 15 is 0 Å². The number of anilines is 2. The Balaban J connectivity index is 2.51. The zero-order valence-corrected chi connectivity index (χ0v) is 12.6.